The molecular formula is C20H20Si. The highest BCUT2D eigenvalue weighted by molar-refractivity contribution is 6.64. The van der Waals surface area contributed by atoms with Crippen LogP contribution in [0.25, 0.3) is 11.3 Å². The lowest BCUT2D eigenvalue weighted by atomic mass is 10.1. The molecule has 0 heterocycles. The summed E-state index contributed by atoms with van der Waals surface area (Å²) in [5, 5.41) is 1.71. The third-order valence-electron chi connectivity index (χ3n) is 5.03. The second-order valence-electron chi connectivity index (χ2n) is 6.37. The molecule has 0 nitrogen and oxygen atoms in total. The molecule has 0 bridgehead atoms. The van der Waals surface area contributed by atoms with E-state index in [1.807, 2.05) is 0 Å². The van der Waals surface area contributed by atoms with Gasteiger partial charge < -0.3 is 0 Å². The zero-order valence-electron chi connectivity index (χ0n) is 12.7. The summed E-state index contributed by atoms with van der Waals surface area (Å²) in [5.74, 6) is 0. The molecule has 2 aromatic carbocycles. The van der Waals surface area contributed by atoms with Gasteiger partial charge in [-0.1, -0.05) is 70.9 Å². The third kappa shape index (κ3) is 2.04. The molecule has 0 aliphatic heterocycles. The van der Waals surface area contributed by atoms with Crippen LogP contribution < -0.4 is 0 Å². The summed E-state index contributed by atoms with van der Waals surface area (Å²) in [7, 11) is -0.337. The van der Waals surface area contributed by atoms with Gasteiger partial charge in [0, 0.05) is 0 Å². The van der Waals surface area contributed by atoms with Crippen LogP contribution in [-0.2, 0) is 6.42 Å². The maximum Gasteiger partial charge on any atom is 0.0682 e. The predicted octanol–water partition coefficient (Wildman–Crippen LogP) is 4.30. The summed E-state index contributed by atoms with van der Waals surface area (Å²) in [5.41, 5.74) is 9.94. The molecule has 0 amide bonds. The summed E-state index contributed by atoms with van der Waals surface area (Å²) >= 11 is 0. The van der Waals surface area contributed by atoms with Gasteiger partial charge >= 0.3 is 0 Å². The third-order valence-corrected chi connectivity index (χ3v) is 7.91. The molecule has 0 saturated carbocycles. The van der Waals surface area contributed by atoms with E-state index in [1.165, 1.54) is 11.1 Å². The van der Waals surface area contributed by atoms with Crippen LogP contribution in [0.15, 0.2) is 59.7 Å². The van der Waals surface area contributed by atoms with Crippen molar-refractivity contribution in [1.82, 2.24) is 0 Å². The Kier molecular flexibility index (Phi) is 2.97. The zero-order chi connectivity index (χ0) is 14.4. The van der Waals surface area contributed by atoms with Gasteiger partial charge in [-0.15, -0.1) is 0 Å². The lowest BCUT2D eigenvalue weighted by molar-refractivity contribution is 1.13. The molecule has 1 unspecified atom stereocenters. The Bertz CT molecular complexity index is 780. The summed E-state index contributed by atoms with van der Waals surface area (Å²) in [6.45, 7) is 4.65. The molecule has 0 fully saturated rings. The Labute approximate surface area is 129 Å². The first kappa shape index (κ1) is 12.8. The Balaban J connectivity index is 1.72. The van der Waals surface area contributed by atoms with Gasteiger partial charge in [0.2, 0.25) is 0 Å². The van der Waals surface area contributed by atoms with Crippen LogP contribution in [-0.4, -0.2) is 9.52 Å². The van der Waals surface area contributed by atoms with Gasteiger partial charge in [0.1, 0.15) is 0 Å². The topological polar surface area (TPSA) is 0 Å². The van der Waals surface area contributed by atoms with Crippen molar-refractivity contribution in [2.24, 2.45) is 0 Å². The molecule has 2 aliphatic rings. The van der Waals surface area contributed by atoms with Crippen molar-refractivity contribution in [1.29, 1.82) is 0 Å². The van der Waals surface area contributed by atoms with Crippen LogP contribution in [0.1, 0.15) is 41.6 Å². The number of allylic oxidation sites excluding steroid dienone is 2. The molecule has 0 spiro atoms. The number of rotatable bonds is 2. The van der Waals surface area contributed by atoms with Crippen LogP contribution >= 0.6 is 0 Å². The first-order chi connectivity index (χ1) is 10.2. The van der Waals surface area contributed by atoms with Gasteiger partial charge in [-0.3, -0.25) is 0 Å². The van der Waals surface area contributed by atoms with Crippen molar-refractivity contribution in [2.45, 2.75) is 25.8 Å². The largest absolute Gasteiger partial charge is 0.0697 e. The number of benzene rings is 2. The van der Waals surface area contributed by atoms with E-state index in [0.717, 1.165) is 6.42 Å². The van der Waals surface area contributed by atoms with E-state index >= 15 is 0 Å². The summed E-state index contributed by atoms with van der Waals surface area (Å²) in [6, 6.07) is 17.9. The van der Waals surface area contributed by atoms with Crippen molar-refractivity contribution < 1.29 is 0 Å². The smallest absolute Gasteiger partial charge is 0.0682 e. The van der Waals surface area contributed by atoms with E-state index in [0.29, 0.717) is 5.54 Å². The highest BCUT2D eigenvalue weighted by Crippen LogP contribution is 2.40. The molecule has 2 aromatic rings. The minimum atomic E-state index is -0.337. The van der Waals surface area contributed by atoms with Gasteiger partial charge in [0.05, 0.1) is 9.52 Å². The average molecular weight is 288 g/mol. The molecular weight excluding hydrogens is 268 g/mol. The second-order valence-corrected chi connectivity index (χ2v) is 8.30. The van der Waals surface area contributed by atoms with E-state index in [2.05, 4.69) is 68.5 Å². The van der Waals surface area contributed by atoms with Crippen molar-refractivity contribution in [2.75, 3.05) is 0 Å². The maximum atomic E-state index is 2.39. The van der Waals surface area contributed by atoms with Crippen molar-refractivity contribution >= 4 is 20.8 Å². The molecule has 0 radical (unpaired) electrons. The Morgan fingerprint density at radius 2 is 1.71 bits per heavy atom. The lowest BCUT2D eigenvalue weighted by Crippen LogP contribution is -2.10. The monoisotopic (exact) mass is 288 g/mol. The molecule has 4 rings (SSSR count). The average Bonchev–Trinajstić information content (AvgIpc) is 2.97. The van der Waals surface area contributed by atoms with Crippen LogP contribution in [0.2, 0.25) is 0 Å². The van der Waals surface area contributed by atoms with E-state index in [9.17, 15) is 0 Å². The predicted molar refractivity (Wildman–Crippen MR) is 94.1 cm³/mol. The quantitative estimate of drug-likeness (QED) is 0.723. The van der Waals surface area contributed by atoms with E-state index in [-0.39, 0.29) is 9.52 Å². The minimum absolute atomic E-state index is 0.337. The summed E-state index contributed by atoms with van der Waals surface area (Å²) in [6.07, 6.45) is 3.55. The fourth-order valence-electron chi connectivity index (χ4n) is 3.90. The minimum Gasteiger partial charge on any atom is -0.0697 e. The van der Waals surface area contributed by atoms with Crippen LogP contribution in [0.3, 0.4) is 0 Å². The lowest BCUT2D eigenvalue weighted by Gasteiger charge is -2.16. The second kappa shape index (κ2) is 4.85. The van der Waals surface area contributed by atoms with E-state index in [1.54, 1.807) is 27.5 Å². The van der Waals surface area contributed by atoms with Crippen molar-refractivity contribution in [3.05, 3.63) is 81.9 Å². The van der Waals surface area contributed by atoms with Gasteiger partial charge in [-0.05, 0) is 48.1 Å². The Morgan fingerprint density at radius 1 is 0.952 bits per heavy atom. The molecule has 0 aromatic heterocycles. The van der Waals surface area contributed by atoms with Gasteiger partial charge in [-0.25, -0.2) is 0 Å². The fourth-order valence-corrected chi connectivity index (χ4v) is 6.38. The summed E-state index contributed by atoms with van der Waals surface area (Å²) in [4.78, 5) is 0. The van der Waals surface area contributed by atoms with Gasteiger partial charge in [0.15, 0.2) is 0 Å². The van der Waals surface area contributed by atoms with Crippen molar-refractivity contribution in [3.8, 4) is 0 Å². The Morgan fingerprint density at radius 3 is 2.62 bits per heavy atom. The molecule has 104 valence electrons. The number of fused-ring (bicyclic) bond motifs is 2. The number of hydrogen-bond acceptors (Lipinski definition) is 0. The Hall–Kier alpha value is -1.86. The highest BCUT2D eigenvalue weighted by Gasteiger charge is 2.27. The summed E-state index contributed by atoms with van der Waals surface area (Å²) < 4.78 is 0. The molecule has 1 heteroatoms. The highest BCUT2D eigenvalue weighted by atomic mass is 28.2. The normalized spacial score (nSPS) is 20.1. The molecule has 0 saturated heterocycles. The standard InChI is InChI=1S/C20H20Si/c1-13-11-15-7-3-5-9-17(15)19(13)21-20-14(2)12-16-8-4-6-10-18(16)20/h3-11,19H,12,21H2,1-2H3. The number of hydrogen-bond donors (Lipinski definition) is 0. The van der Waals surface area contributed by atoms with Crippen LogP contribution in [0.5, 0.6) is 0 Å². The molecule has 0 N–H and O–H groups in total. The SMILES string of the molecule is CC1=Cc2ccccc2C1[SiH2]C1=C(C)Cc2ccccc21. The van der Waals surface area contributed by atoms with Crippen LogP contribution in [0.4, 0.5) is 0 Å². The zero-order valence-corrected chi connectivity index (χ0v) is 14.1. The van der Waals surface area contributed by atoms with Crippen LogP contribution in [0, 0.1) is 0 Å². The van der Waals surface area contributed by atoms with E-state index in [4.69, 9.17) is 0 Å². The molecule has 21 heavy (non-hydrogen) atoms. The molecule has 1 atom stereocenters. The molecule has 2 aliphatic carbocycles. The van der Waals surface area contributed by atoms with E-state index < -0.39 is 0 Å². The first-order valence-electron chi connectivity index (χ1n) is 7.78. The van der Waals surface area contributed by atoms with Crippen molar-refractivity contribution in [3.63, 3.8) is 0 Å². The first-order valence-corrected chi connectivity index (χ1v) is 9.30. The fraction of sp³-hybridized carbons (Fsp3) is 0.200. The maximum absolute atomic E-state index is 2.39. The van der Waals surface area contributed by atoms with Gasteiger partial charge in [0.25, 0.3) is 0 Å². The van der Waals surface area contributed by atoms with Gasteiger partial charge in [-0.2, -0.15) is 0 Å².